The number of hydrogen-bond donors (Lipinski definition) is 1. The molecule has 2 fully saturated rings. The molecule has 0 bridgehead atoms. The number of carboxylic acid groups (broad SMARTS) is 1. The number of benzene rings is 1. The van der Waals surface area contributed by atoms with Gasteiger partial charge in [-0.3, -0.25) is 9.59 Å². The summed E-state index contributed by atoms with van der Waals surface area (Å²) in [5, 5.41) is 10.9. The van der Waals surface area contributed by atoms with Crippen molar-refractivity contribution in [2.45, 2.75) is 44.6 Å². The predicted molar refractivity (Wildman–Crippen MR) is 125 cm³/mol. The molecule has 2 heterocycles. The molecule has 1 aromatic carbocycles. The van der Waals surface area contributed by atoms with E-state index in [4.69, 9.17) is 5.11 Å². The van der Waals surface area contributed by atoms with Gasteiger partial charge in [-0.05, 0) is 30.4 Å². The number of carboxylic acids is 1. The first-order valence-electron chi connectivity index (χ1n) is 11.0. The average Bonchev–Trinajstić information content (AvgIpc) is 3.28. The zero-order valence-electron chi connectivity index (χ0n) is 17.9. The first-order valence-corrected chi connectivity index (χ1v) is 13.5. The molecule has 7 nitrogen and oxygen atoms in total. The second-order valence-corrected chi connectivity index (χ2v) is 11.5. The molecule has 2 aromatic rings. The number of piperazine rings is 1. The monoisotopic (exact) mass is 476 g/mol. The summed E-state index contributed by atoms with van der Waals surface area (Å²) < 4.78 is 26.8. The Balaban J connectivity index is 1.62. The number of nitrogens with zero attached hydrogens (tertiary/aromatic N) is 2. The minimum absolute atomic E-state index is 0.217. The number of thiophene rings is 1. The Kier molecular flexibility index (Phi) is 6.97. The highest BCUT2D eigenvalue weighted by molar-refractivity contribution is 7.89. The third kappa shape index (κ3) is 5.05. The van der Waals surface area contributed by atoms with Crippen molar-refractivity contribution < 1.29 is 23.1 Å². The minimum atomic E-state index is -3.82. The number of rotatable bonds is 7. The smallest absolute Gasteiger partial charge is 0.304 e. The van der Waals surface area contributed by atoms with Gasteiger partial charge in [-0.25, -0.2) is 8.42 Å². The van der Waals surface area contributed by atoms with Gasteiger partial charge >= 0.3 is 5.97 Å². The van der Waals surface area contributed by atoms with Crippen molar-refractivity contribution in [2.75, 3.05) is 23.7 Å². The van der Waals surface area contributed by atoms with Gasteiger partial charge in [0.15, 0.2) is 0 Å². The lowest BCUT2D eigenvalue weighted by Crippen LogP contribution is -2.60. The maximum Gasteiger partial charge on any atom is 0.304 e. The maximum absolute atomic E-state index is 13.3. The van der Waals surface area contributed by atoms with Gasteiger partial charge in [0.1, 0.15) is 0 Å². The first-order chi connectivity index (χ1) is 15.3. The molecule has 1 aromatic heterocycles. The van der Waals surface area contributed by atoms with Crippen LogP contribution in [-0.4, -0.2) is 54.6 Å². The van der Waals surface area contributed by atoms with E-state index in [1.54, 1.807) is 11.3 Å². The zero-order valence-corrected chi connectivity index (χ0v) is 19.5. The predicted octanol–water partition coefficient (Wildman–Crippen LogP) is 3.82. The van der Waals surface area contributed by atoms with E-state index >= 15 is 0 Å². The fourth-order valence-electron chi connectivity index (χ4n) is 4.74. The Morgan fingerprint density at radius 1 is 1.12 bits per heavy atom. The standard InChI is InChI=1S/C23H28N2O5S2/c26-22-15-24(32(29,30)12-11-23(27)28)14-20(17-7-3-1-4-8-17)25(22)19-13-21(31-16-19)18-9-5-2-6-10-18/h2,5-6,9-10,13,16-17,20H,1,3-4,7-8,11-12,14-15H2,(H,27,28). The molecule has 0 radical (unpaired) electrons. The Hall–Kier alpha value is -2.23. The van der Waals surface area contributed by atoms with Crippen LogP contribution in [0.5, 0.6) is 0 Å². The molecule has 32 heavy (non-hydrogen) atoms. The van der Waals surface area contributed by atoms with Crippen LogP contribution in [0.1, 0.15) is 38.5 Å². The summed E-state index contributed by atoms with van der Waals surface area (Å²) in [7, 11) is -3.82. The van der Waals surface area contributed by atoms with Gasteiger partial charge in [0, 0.05) is 16.8 Å². The lowest BCUT2D eigenvalue weighted by atomic mass is 9.82. The van der Waals surface area contributed by atoms with Gasteiger partial charge in [-0.15, -0.1) is 11.3 Å². The summed E-state index contributed by atoms with van der Waals surface area (Å²) in [5.41, 5.74) is 1.90. The SMILES string of the molecule is O=C(O)CCS(=O)(=O)N1CC(=O)N(c2csc(-c3ccccc3)c2)C(C2CCCCC2)C1. The van der Waals surface area contributed by atoms with E-state index in [1.165, 1.54) is 4.31 Å². The molecule has 1 saturated carbocycles. The molecule has 1 unspecified atom stereocenters. The first kappa shape index (κ1) is 22.9. The third-order valence-corrected chi connectivity index (χ3v) is 9.14. The molecule has 1 aliphatic carbocycles. The second kappa shape index (κ2) is 9.72. The average molecular weight is 477 g/mol. The lowest BCUT2D eigenvalue weighted by Gasteiger charge is -2.44. The molecule has 1 amide bonds. The van der Waals surface area contributed by atoms with Gasteiger partial charge in [0.25, 0.3) is 0 Å². The van der Waals surface area contributed by atoms with Crippen LogP contribution in [0.2, 0.25) is 0 Å². The molecular weight excluding hydrogens is 448 g/mol. The van der Waals surface area contributed by atoms with Crippen molar-refractivity contribution in [1.82, 2.24) is 4.31 Å². The van der Waals surface area contributed by atoms with Crippen molar-refractivity contribution in [2.24, 2.45) is 5.92 Å². The highest BCUT2D eigenvalue weighted by atomic mass is 32.2. The summed E-state index contributed by atoms with van der Waals surface area (Å²) >= 11 is 1.57. The normalized spacial score (nSPS) is 21.1. The van der Waals surface area contributed by atoms with E-state index in [0.29, 0.717) is 0 Å². The Morgan fingerprint density at radius 2 is 1.84 bits per heavy atom. The number of anilines is 1. The third-order valence-electron chi connectivity index (χ3n) is 6.39. The van der Waals surface area contributed by atoms with Gasteiger partial charge in [-0.2, -0.15) is 4.31 Å². The molecule has 9 heteroatoms. The molecule has 4 rings (SSSR count). The molecule has 1 N–H and O–H groups in total. The number of hydrogen-bond acceptors (Lipinski definition) is 5. The van der Waals surface area contributed by atoms with Gasteiger partial charge in [-0.1, -0.05) is 49.6 Å². The summed E-state index contributed by atoms with van der Waals surface area (Å²) in [6.07, 6.45) is 4.78. The van der Waals surface area contributed by atoms with Crippen molar-refractivity contribution >= 4 is 38.9 Å². The number of sulfonamides is 1. The molecule has 1 saturated heterocycles. The second-order valence-electron chi connectivity index (χ2n) is 8.52. The van der Waals surface area contributed by atoms with E-state index in [-0.39, 0.29) is 31.0 Å². The van der Waals surface area contributed by atoms with Crippen molar-refractivity contribution in [3.8, 4) is 10.4 Å². The van der Waals surface area contributed by atoms with Gasteiger partial charge < -0.3 is 10.0 Å². The van der Waals surface area contributed by atoms with Crippen LogP contribution in [0.3, 0.4) is 0 Å². The van der Waals surface area contributed by atoms with Crippen LogP contribution >= 0.6 is 11.3 Å². The highest BCUT2D eigenvalue weighted by Crippen LogP contribution is 2.38. The molecule has 2 aliphatic rings. The number of carbonyl (C=O) groups is 2. The van der Waals surface area contributed by atoms with Crippen LogP contribution < -0.4 is 4.90 Å². The summed E-state index contributed by atoms with van der Waals surface area (Å²) in [6.45, 7) is -0.0312. The van der Waals surface area contributed by atoms with E-state index in [1.807, 2.05) is 46.7 Å². The lowest BCUT2D eigenvalue weighted by molar-refractivity contribution is -0.136. The fourth-order valence-corrected chi connectivity index (χ4v) is 7.01. The van der Waals surface area contributed by atoms with Gasteiger partial charge in [0.2, 0.25) is 15.9 Å². The molecule has 1 aliphatic heterocycles. The summed E-state index contributed by atoms with van der Waals surface area (Å²) in [6, 6.07) is 11.8. The topological polar surface area (TPSA) is 95.0 Å². The highest BCUT2D eigenvalue weighted by Gasteiger charge is 2.42. The molecular formula is C23H28N2O5S2. The quantitative estimate of drug-likeness (QED) is 0.656. The fraction of sp³-hybridized carbons (Fsp3) is 0.478. The van der Waals surface area contributed by atoms with Crippen molar-refractivity contribution in [1.29, 1.82) is 0 Å². The van der Waals surface area contributed by atoms with Crippen LogP contribution in [-0.2, 0) is 19.6 Å². The van der Waals surface area contributed by atoms with Crippen molar-refractivity contribution in [3.63, 3.8) is 0 Å². The summed E-state index contributed by atoms with van der Waals surface area (Å²) in [5.74, 6) is -1.66. The molecule has 0 spiro atoms. The summed E-state index contributed by atoms with van der Waals surface area (Å²) in [4.78, 5) is 27.1. The van der Waals surface area contributed by atoms with E-state index in [9.17, 15) is 18.0 Å². The van der Waals surface area contributed by atoms with Gasteiger partial charge in [0.05, 0.1) is 30.4 Å². The van der Waals surface area contributed by atoms with Crippen molar-refractivity contribution in [3.05, 3.63) is 41.8 Å². The van der Waals surface area contributed by atoms with Crippen LogP contribution in [0.25, 0.3) is 10.4 Å². The van der Waals surface area contributed by atoms with E-state index in [2.05, 4.69) is 0 Å². The van der Waals surface area contributed by atoms with Crippen LogP contribution in [0.15, 0.2) is 41.8 Å². The largest absolute Gasteiger partial charge is 0.481 e. The molecule has 1 atom stereocenters. The van der Waals surface area contributed by atoms with E-state index in [0.717, 1.165) is 48.2 Å². The Bertz CT molecular complexity index is 1060. The number of amides is 1. The molecule has 172 valence electrons. The number of aliphatic carboxylic acids is 1. The maximum atomic E-state index is 13.3. The number of carbonyl (C=O) groups excluding carboxylic acids is 1. The minimum Gasteiger partial charge on any atom is -0.481 e. The Labute approximate surface area is 192 Å². The Morgan fingerprint density at radius 3 is 2.53 bits per heavy atom. The zero-order chi connectivity index (χ0) is 22.7. The van der Waals surface area contributed by atoms with E-state index < -0.39 is 28.2 Å². The van der Waals surface area contributed by atoms with Crippen LogP contribution in [0.4, 0.5) is 5.69 Å². The van der Waals surface area contributed by atoms with Crippen LogP contribution in [0, 0.1) is 5.92 Å².